The Labute approximate surface area is 152 Å². The standard InChI is InChI=1S/C25H16O/c1-2-8-18-16(7-1)13-17-14-23-20-10-4-3-9-19(20)21-11-5-6-12-24(21)26-25(23)15-22(17)18/h1-12,14-15H,13H2. The van der Waals surface area contributed by atoms with Gasteiger partial charge in [-0.1, -0.05) is 66.7 Å². The van der Waals surface area contributed by atoms with Gasteiger partial charge in [0.1, 0.15) is 11.5 Å². The molecule has 0 fully saturated rings. The molecule has 0 N–H and O–H groups in total. The Balaban J connectivity index is 1.67. The third kappa shape index (κ3) is 1.86. The first-order valence-corrected chi connectivity index (χ1v) is 9.00. The largest absolute Gasteiger partial charge is 0.456 e. The van der Waals surface area contributed by atoms with Crippen LogP contribution in [0.4, 0.5) is 0 Å². The molecule has 122 valence electrons. The quantitative estimate of drug-likeness (QED) is 0.301. The molecule has 0 atom stereocenters. The van der Waals surface area contributed by atoms with Gasteiger partial charge in [0.2, 0.25) is 0 Å². The van der Waals surface area contributed by atoms with Crippen LogP contribution < -0.4 is 4.74 Å². The summed E-state index contributed by atoms with van der Waals surface area (Å²) in [6, 6.07) is 30.2. The summed E-state index contributed by atoms with van der Waals surface area (Å²) in [7, 11) is 0. The monoisotopic (exact) mass is 332 g/mol. The normalized spacial score (nSPS) is 12.8. The van der Waals surface area contributed by atoms with Gasteiger partial charge in [-0.05, 0) is 58.0 Å². The molecule has 0 amide bonds. The Hall–Kier alpha value is -3.32. The van der Waals surface area contributed by atoms with Gasteiger partial charge in [0.05, 0.1) is 0 Å². The minimum absolute atomic E-state index is 0.921. The summed E-state index contributed by atoms with van der Waals surface area (Å²) in [4.78, 5) is 0. The van der Waals surface area contributed by atoms with Gasteiger partial charge >= 0.3 is 0 Å². The van der Waals surface area contributed by atoms with Crippen molar-refractivity contribution in [1.29, 1.82) is 0 Å². The number of hydrogen-bond donors (Lipinski definition) is 0. The molecule has 0 unspecified atom stereocenters. The Morgan fingerprint density at radius 2 is 1.12 bits per heavy atom. The summed E-state index contributed by atoms with van der Waals surface area (Å²) in [6.07, 6.45) is 0.994. The van der Waals surface area contributed by atoms with E-state index in [0.29, 0.717) is 0 Å². The van der Waals surface area contributed by atoms with Crippen LogP contribution in [0.25, 0.3) is 33.4 Å². The molecular weight excluding hydrogens is 316 g/mol. The average molecular weight is 332 g/mol. The van der Waals surface area contributed by atoms with Gasteiger partial charge in [-0.15, -0.1) is 0 Å². The molecule has 1 nitrogen and oxygen atoms in total. The second-order valence-electron chi connectivity index (χ2n) is 6.98. The van der Waals surface area contributed by atoms with Crippen molar-refractivity contribution < 1.29 is 4.74 Å². The molecule has 1 aliphatic carbocycles. The average Bonchev–Trinajstić information content (AvgIpc) is 2.98. The van der Waals surface area contributed by atoms with Crippen LogP contribution in [0.5, 0.6) is 11.5 Å². The molecule has 1 aliphatic heterocycles. The topological polar surface area (TPSA) is 9.23 Å². The van der Waals surface area contributed by atoms with Crippen molar-refractivity contribution in [3.63, 3.8) is 0 Å². The van der Waals surface area contributed by atoms with Gasteiger partial charge in [0.15, 0.2) is 0 Å². The highest BCUT2D eigenvalue weighted by Crippen LogP contribution is 2.50. The molecule has 0 spiro atoms. The third-order valence-corrected chi connectivity index (χ3v) is 5.51. The van der Waals surface area contributed by atoms with Gasteiger partial charge in [-0.3, -0.25) is 0 Å². The van der Waals surface area contributed by atoms with Crippen molar-refractivity contribution in [3.8, 4) is 44.9 Å². The molecule has 0 saturated heterocycles. The molecule has 1 heterocycles. The molecular formula is C25H16O. The number of fused-ring (bicyclic) bond motifs is 8. The SMILES string of the molecule is c1ccc2c(c1)Cc1cc3c(cc1-2)Oc1ccccc1-c1ccccc1-3. The van der Waals surface area contributed by atoms with Gasteiger partial charge in [-0.2, -0.15) is 0 Å². The van der Waals surface area contributed by atoms with Crippen molar-refractivity contribution in [2.24, 2.45) is 0 Å². The fourth-order valence-electron chi connectivity index (χ4n) is 4.31. The molecule has 1 heteroatoms. The lowest BCUT2D eigenvalue weighted by Gasteiger charge is -2.12. The molecule has 6 rings (SSSR count). The lowest BCUT2D eigenvalue weighted by atomic mass is 9.92. The van der Waals surface area contributed by atoms with Crippen LogP contribution in [0.1, 0.15) is 11.1 Å². The van der Waals surface area contributed by atoms with Gasteiger partial charge in [0, 0.05) is 11.1 Å². The molecule has 0 saturated carbocycles. The first-order chi connectivity index (χ1) is 12.9. The highest BCUT2D eigenvalue weighted by Gasteiger charge is 2.25. The van der Waals surface area contributed by atoms with E-state index in [-0.39, 0.29) is 0 Å². The summed E-state index contributed by atoms with van der Waals surface area (Å²) in [5.41, 5.74) is 10.2. The van der Waals surface area contributed by atoms with E-state index >= 15 is 0 Å². The predicted molar refractivity (Wildman–Crippen MR) is 106 cm³/mol. The van der Waals surface area contributed by atoms with Crippen molar-refractivity contribution in [3.05, 3.63) is 96.1 Å². The first-order valence-electron chi connectivity index (χ1n) is 9.00. The Bertz CT molecular complexity index is 1190. The van der Waals surface area contributed by atoms with E-state index in [1.165, 1.54) is 38.9 Å². The molecule has 4 aromatic carbocycles. The van der Waals surface area contributed by atoms with Crippen LogP contribution in [-0.4, -0.2) is 0 Å². The van der Waals surface area contributed by atoms with Crippen molar-refractivity contribution in [2.75, 3.05) is 0 Å². The summed E-state index contributed by atoms with van der Waals surface area (Å²) < 4.78 is 6.43. The van der Waals surface area contributed by atoms with Crippen LogP contribution in [0.3, 0.4) is 0 Å². The Morgan fingerprint density at radius 3 is 1.96 bits per heavy atom. The molecule has 26 heavy (non-hydrogen) atoms. The molecule has 0 aromatic heterocycles. The highest BCUT2D eigenvalue weighted by molar-refractivity contribution is 5.93. The number of rotatable bonds is 0. The van der Waals surface area contributed by atoms with Crippen molar-refractivity contribution in [2.45, 2.75) is 6.42 Å². The zero-order chi connectivity index (χ0) is 17.1. The minimum Gasteiger partial charge on any atom is -0.456 e. The zero-order valence-corrected chi connectivity index (χ0v) is 14.2. The lowest BCUT2D eigenvalue weighted by molar-refractivity contribution is 0.488. The van der Waals surface area contributed by atoms with Crippen LogP contribution in [0, 0.1) is 0 Å². The summed E-state index contributed by atoms with van der Waals surface area (Å²) in [5, 5.41) is 0. The Kier molecular flexibility index (Phi) is 2.72. The third-order valence-electron chi connectivity index (χ3n) is 5.51. The maximum absolute atomic E-state index is 6.43. The number of ether oxygens (including phenoxy) is 1. The van der Waals surface area contributed by atoms with Crippen molar-refractivity contribution >= 4 is 0 Å². The van der Waals surface area contributed by atoms with Gasteiger partial charge < -0.3 is 4.74 Å². The fraction of sp³-hybridized carbons (Fsp3) is 0.0400. The van der Waals surface area contributed by atoms with Gasteiger partial charge in [-0.25, -0.2) is 0 Å². The van der Waals surface area contributed by atoms with Crippen LogP contribution >= 0.6 is 0 Å². The van der Waals surface area contributed by atoms with E-state index in [9.17, 15) is 0 Å². The maximum Gasteiger partial charge on any atom is 0.135 e. The van der Waals surface area contributed by atoms with Crippen molar-refractivity contribution in [1.82, 2.24) is 0 Å². The molecule has 0 radical (unpaired) electrons. The van der Waals surface area contributed by atoms with E-state index in [0.717, 1.165) is 23.5 Å². The predicted octanol–water partition coefficient (Wildman–Crippen LogP) is 6.70. The lowest BCUT2D eigenvalue weighted by Crippen LogP contribution is -1.89. The number of benzene rings is 4. The maximum atomic E-state index is 6.43. The highest BCUT2D eigenvalue weighted by atomic mass is 16.5. The summed E-state index contributed by atoms with van der Waals surface area (Å²) in [5.74, 6) is 1.86. The van der Waals surface area contributed by atoms with Gasteiger partial charge in [0.25, 0.3) is 0 Å². The molecule has 4 aromatic rings. The van der Waals surface area contributed by atoms with E-state index in [1.54, 1.807) is 0 Å². The van der Waals surface area contributed by atoms with Crippen LogP contribution in [0.15, 0.2) is 84.9 Å². The second-order valence-corrected chi connectivity index (χ2v) is 6.98. The van der Waals surface area contributed by atoms with E-state index in [2.05, 4.69) is 78.9 Å². The first kappa shape index (κ1) is 13.9. The summed E-state index contributed by atoms with van der Waals surface area (Å²) in [6.45, 7) is 0. The fourth-order valence-corrected chi connectivity index (χ4v) is 4.31. The van der Waals surface area contributed by atoms with E-state index < -0.39 is 0 Å². The van der Waals surface area contributed by atoms with E-state index in [4.69, 9.17) is 4.74 Å². The zero-order valence-electron chi connectivity index (χ0n) is 14.2. The number of para-hydroxylation sites is 1. The Morgan fingerprint density at radius 1 is 0.462 bits per heavy atom. The van der Waals surface area contributed by atoms with Crippen LogP contribution in [0.2, 0.25) is 0 Å². The smallest absolute Gasteiger partial charge is 0.135 e. The molecule has 2 aliphatic rings. The number of hydrogen-bond acceptors (Lipinski definition) is 1. The second kappa shape index (κ2) is 5.09. The van der Waals surface area contributed by atoms with Crippen LogP contribution in [-0.2, 0) is 6.42 Å². The molecule has 0 bridgehead atoms. The summed E-state index contributed by atoms with van der Waals surface area (Å²) >= 11 is 0. The van der Waals surface area contributed by atoms with E-state index in [1.807, 2.05) is 6.07 Å². The minimum atomic E-state index is 0.921.